The number of aromatic nitrogens is 2. The summed E-state index contributed by atoms with van der Waals surface area (Å²) in [5, 5.41) is 10.0. The molecular formula is C22H19BrClN3O3. The van der Waals surface area contributed by atoms with Crippen LogP contribution in [0.5, 0.6) is 5.75 Å². The fourth-order valence-electron chi connectivity index (χ4n) is 3.58. The molecule has 0 amide bonds. The van der Waals surface area contributed by atoms with Crippen LogP contribution in [0.1, 0.15) is 40.5 Å². The predicted molar refractivity (Wildman–Crippen MR) is 118 cm³/mol. The van der Waals surface area contributed by atoms with E-state index < -0.39 is 5.97 Å². The number of carbonyl (C=O) groups is 1. The molecule has 0 aliphatic carbocycles. The van der Waals surface area contributed by atoms with E-state index in [1.54, 1.807) is 24.3 Å². The number of carboxylic acid groups (broad SMARTS) is 1. The van der Waals surface area contributed by atoms with Gasteiger partial charge in [0.2, 0.25) is 5.95 Å². The number of aromatic carboxylic acids is 1. The maximum atomic E-state index is 11.7. The van der Waals surface area contributed by atoms with Crippen molar-refractivity contribution in [3.63, 3.8) is 0 Å². The van der Waals surface area contributed by atoms with Crippen LogP contribution in [0, 0.1) is 0 Å². The molecule has 1 saturated heterocycles. The number of para-hydroxylation sites is 1. The largest absolute Gasteiger partial charge is 0.486 e. The number of halogens is 2. The molecule has 2 aromatic carbocycles. The minimum absolute atomic E-state index is 0.0162. The summed E-state index contributed by atoms with van der Waals surface area (Å²) in [6.45, 7) is 0.787. The molecule has 1 aliphatic rings. The Morgan fingerprint density at radius 1 is 1.23 bits per heavy atom. The third-order valence-electron chi connectivity index (χ3n) is 5.05. The second-order valence-electron chi connectivity index (χ2n) is 6.96. The van der Waals surface area contributed by atoms with Gasteiger partial charge >= 0.3 is 5.97 Å². The van der Waals surface area contributed by atoms with E-state index in [2.05, 4.69) is 42.9 Å². The summed E-state index contributed by atoms with van der Waals surface area (Å²) in [4.78, 5) is 22.7. The van der Waals surface area contributed by atoms with Crippen LogP contribution < -0.4 is 9.64 Å². The first-order valence-electron chi connectivity index (χ1n) is 9.51. The molecule has 154 valence electrons. The third-order valence-corrected chi connectivity index (χ3v) is 5.89. The Balaban J connectivity index is 1.62. The molecule has 1 aliphatic heterocycles. The SMILES string of the molecule is O=C(O)c1cnc(N2CCC[C@@H]2c2ccc(Br)cc2)nc1COc1ccccc1Cl. The Bertz CT molecular complexity index is 1060. The van der Waals surface area contributed by atoms with Crippen molar-refractivity contribution < 1.29 is 14.6 Å². The lowest BCUT2D eigenvalue weighted by molar-refractivity contribution is 0.0692. The fraction of sp³-hybridized carbons (Fsp3) is 0.227. The van der Waals surface area contributed by atoms with E-state index in [0.717, 1.165) is 23.9 Å². The monoisotopic (exact) mass is 487 g/mol. The number of nitrogens with zero attached hydrogens (tertiary/aromatic N) is 3. The molecule has 1 fully saturated rings. The molecule has 1 aromatic heterocycles. The van der Waals surface area contributed by atoms with Gasteiger partial charge in [0.25, 0.3) is 0 Å². The first kappa shape index (κ1) is 20.6. The molecule has 1 atom stereocenters. The first-order valence-corrected chi connectivity index (χ1v) is 10.7. The van der Waals surface area contributed by atoms with E-state index in [0.29, 0.717) is 22.4 Å². The van der Waals surface area contributed by atoms with Crippen molar-refractivity contribution in [1.82, 2.24) is 9.97 Å². The first-order chi connectivity index (χ1) is 14.5. The highest BCUT2D eigenvalue weighted by Gasteiger charge is 2.29. The molecule has 0 saturated carbocycles. The number of rotatable bonds is 6. The van der Waals surface area contributed by atoms with Crippen LogP contribution in [0.15, 0.2) is 59.2 Å². The van der Waals surface area contributed by atoms with Crippen LogP contribution >= 0.6 is 27.5 Å². The smallest absolute Gasteiger partial charge is 0.339 e. The predicted octanol–water partition coefficient (Wildman–Crippen LogP) is 5.51. The lowest BCUT2D eigenvalue weighted by Crippen LogP contribution is -2.26. The number of carboxylic acids is 1. The number of hydrogen-bond acceptors (Lipinski definition) is 5. The van der Waals surface area contributed by atoms with Crippen molar-refractivity contribution in [3.8, 4) is 5.75 Å². The summed E-state index contributed by atoms with van der Waals surface area (Å²) in [6, 6.07) is 15.4. The Hall–Kier alpha value is -2.64. The second-order valence-corrected chi connectivity index (χ2v) is 8.28. The van der Waals surface area contributed by atoms with Gasteiger partial charge in [-0.15, -0.1) is 0 Å². The lowest BCUT2D eigenvalue weighted by Gasteiger charge is -2.25. The van der Waals surface area contributed by atoms with Gasteiger partial charge in [-0.1, -0.05) is 51.8 Å². The standard InChI is InChI=1S/C22H19BrClN3O3/c23-15-9-7-14(8-10-15)19-5-3-11-27(19)22-25-12-16(21(28)29)18(26-22)13-30-20-6-2-1-4-17(20)24/h1-2,4,6-10,12,19H,3,5,11,13H2,(H,28,29)/t19-/m1/s1. The molecule has 6 nitrogen and oxygen atoms in total. The average Bonchev–Trinajstić information content (AvgIpc) is 3.23. The summed E-state index contributed by atoms with van der Waals surface area (Å²) in [5.74, 6) is -0.113. The molecule has 2 heterocycles. The van der Waals surface area contributed by atoms with Crippen LogP contribution in [-0.4, -0.2) is 27.6 Å². The van der Waals surface area contributed by atoms with Crippen molar-refractivity contribution in [2.75, 3.05) is 11.4 Å². The average molecular weight is 489 g/mol. The normalized spacial score (nSPS) is 15.9. The molecular weight excluding hydrogens is 470 g/mol. The summed E-state index contributed by atoms with van der Waals surface area (Å²) >= 11 is 9.61. The highest BCUT2D eigenvalue weighted by Crippen LogP contribution is 2.35. The van der Waals surface area contributed by atoms with Gasteiger partial charge in [-0.05, 0) is 42.7 Å². The molecule has 0 unspecified atom stereocenters. The van der Waals surface area contributed by atoms with Crippen LogP contribution in [-0.2, 0) is 6.61 Å². The molecule has 8 heteroatoms. The fourth-order valence-corrected chi connectivity index (χ4v) is 4.03. The van der Waals surface area contributed by atoms with E-state index >= 15 is 0 Å². The number of hydrogen-bond donors (Lipinski definition) is 1. The molecule has 0 radical (unpaired) electrons. The zero-order valence-corrected chi connectivity index (χ0v) is 18.3. The quantitative estimate of drug-likeness (QED) is 0.493. The van der Waals surface area contributed by atoms with Gasteiger partial charge in [0, 0.05) is 17.2 Å². The van der Waals surface area contributed by atoms with E-state index in [1.165, 1.54) is 11.8 Å². The third kappa shape index (κ3) is 4.42. The maximum Gasteiger partial charge on any atom is 0.339 e. The second kappa shape index (κ2) is 9.02. The number of ether oxygens (including phenoxy) is 1. The van der Waals surface area contributed by atoms with Crippen molar-refractivity contribution in [3.05, 3.63) is 81.0 Å². The van der Waals surface area contributed by atoms with E-state index in [9.17, 15) is 9.90 Å². The van der Waals surface area contributed by atoms with Crippen molar-refractivity contribution in [2.24, 2.45) is 0 Å². The van der Waals surface area contributed by atoms with Crippen molar-refractivity contribution in [2.45, 2.75) is 25.5 Å². The van der Waals surface area contributed by atoms with E-state index in [1.807, 2.05) is 12.1 Å². The van der Waals surface area contributed by atoms with Gasteiger partial charge in [0.15, 0.2) is 0 Å². The van der Waals surface area contributed by atoms with Gasteiger partial charge < -0.3 is 14.7 Å². The Morgan fingerprint density at radius 3 is 2.73 bits per heavy atom. The molecule has 0 bridgehead atoms. The van der Waals surface area contributed by atoms with Crippen LogP contribution in [0.3, 0.4) is 0 Å². The molecule has 1 N–H and O–H groups in total. The zero-order valence-electron chi connectivity index (χ0n) is 16.0. The van der Waals surface area contributed by atoms with Gasteiger partial charge in [0.1, 0.15) is 17.9 Å². The molecule has 30 heavy (non-hydrogen) atoms. The molecule has 3 aromatic rings. The van der Waals surface area contributed by atoms with E-state index in [4.69, 9.17) is 16.3 Å². The summed E-state index contributed by atoms with van der Waals surface area (Å²) < 4.78 is 6.77. The minimum Gasteiger partial charge on any atom is -0.486 e. The topological polar surface area (TPSA) is 75.5 Å². The molecule has 4 rings (SSSR count). The number of benzene rings is 2. The van der Waals surface area contributed by atoms with Gasteiger partial charge in [-0.2, -0.15) is 0 Å². The van der Waals surface area contributed by atoms with E-state index in [-0.39, 0.29) is 18.2 Å². The minimum atomic E-state index is -1.09. The summed E-state index contributed by atoms with van der Waals surface area (Å²) in [5.41, 5.74) is 1.51. The van der Waals surface area contributed by atoms with Gasteiger partial charge in [0.05, 0.1) is 16.8 Å². The highest BCUT2D eigenvalue weighted by atomic mass is 79.9. The Kier molecular flexibility index (Phi) is 6.20. The molecule has 0 spiro atoms. The Morgan fingerprint density at radius 2 is 2.00 bits per heavy atom. The highest BCUT2D eigenvalue weighted by molar-refractivity contribution is 9.10. The van der Waals surface area contributed by atoms with Crippen LogP contribution in [0.25, 0.3) is 0 Å². The Labute approximate surface area is 187 Å². The van der Waals surface area contributed by atoms with Crippen LogP contribution in [0.2, 0.25) is 5.02 Å². The van der Waals surface area contributed by atoms with Crippen molar-refractivity contribution in [1.29, 1.82) is 0 Å². The zero-order chi connectivity index (χ0) is 21.1. The number of anilines is 1. The van der Waals surface area contributed by atoms with Gasteiger partial charge in [-0.25, -0.2) is 14.8 Å². The van der Waals surface area contributed by atoms with Crippen molar-refractivity contribution >= 4 is 39.4 Å². The van der Waals surface area contributed by atoms with Crippen LogP contribution in [0.4, 0.5) is 5.95 Å². The van der Waals surface area contributed by atoms with Gasteiger partial charge in [-0.3, -0.25) is 0 Å². The summed E-state index contributed by atoms with van der Waals surface area (Å²) in [6.07, 6.45) is 3.35. The summed E-state index contributed by atoms with van der Waals surface area (Å²) in [7, 11) is 0. The maximum absolute atomic E-state index is 11.7. The lowest BCUT2D eigenvalue weighted by atomic mass is 10.1.